The van der Waals surface area contributed by atoms with Crippen LogP contribution in [0.2, 0.25) is 0 Å². The first-order valence-electron chi connectivity index (χ1n) is 9.87. The molecule has 1 unspecified atom stereocenters. The summed E-state index contributed by atoms with van der Waals surface area (Å²) in [4.78, 5) is 36.6. The van der Waals surface area contributed by atoms with Crippen molar-refractivity contribution >= 4 is 29.3 Å². The van der Waals surface area contributed by atoms with Gasteiger partial charge in [0.15, 0.2) is 0 Å². The molecule has 3 aromatic rings. The molecule has 8 heteroatoms. The molecule has 0 aromatic heterocycles. The van der Waals surface area contributed by atoms with Crippen LogP contribution >= 0.6 is 0 Å². The summed E-state index contributed by atoms with van der Waals surface area (Å²) in [6.07, 6.45) is -0.0836. The molecule has 1 N–H and O–H groups in total. The van der Waals surface area contributed by atoms with E-state index in [1.54, 1.807) is 79.7 Å². The minimum atomic E-state index is -1.44. The van der Waals surface area contributed by atoms with Gasteiger partial charge in [0.05, 0.1) is 4.92 Å². The number of amides is 1. The number of nitrogens with zero attached hydrogens (tertiary/aromatic N) is 2. The first-order valence-corrected chi connectivity index (χ1v) is 9.87. The van der Waals surface area contributed by atoms with Crippen molar-refractivity contribution in [1.29, 1.82) is 5.26 Å². The Labute approximate surface area is 189 Å². The zero-order valence-corrected chi connectivity index (χ0v) is 17.6. The monoisotopic (exact) mass is 441 g/mol. The second kappa shape index (κ2) is 10.5. The van der Waals surface area contributed by atoms with Gasteiger partial charge in [-0.1, -0.05) is 66.7 Å². The summed E-state index contributed by atoms with van der Waals surface area (Å²) >= 11 is 0. The van der Waals surface area contributed by atoms with Crippen molar-refractivity contribution in [3.05, 3.63) is 111 Å². The number of nitro benzene ring substituents is 1. The minimum absolute atomic E-state index is 0.0343. The van der Waals surface area contributed by atoms with Gasteiger partial charge in [-0.3, -0.25) is 14.9 Å². The Hall–Kier alpha value is -4.77. The smallest absolute Gasteiger partial charge is 0.350 e. The van der Waals surface area contributed by atoms with Crippen molar-refractivity contribution < 1.29 is 19.2 Å². The second-order valence-corrected chi connectivity index (χ2v) is 7.04. The van der Waals surface area contributed by atoms with Crippen LogP contribution < -0.4 is 5.32 Å². The van der Waals surface area contributed by atoms with E-state index in [2.05, 4.69) is 5.32 Å². The number of hydrogen-bond acceptors (Lipinski definition) is 6. The molecule has 0 spiro atoms. The third kappa shape index (κ3) is 5.89. The fraction of sp³-hybridized carbons (Fsp3) is 0.0800. The van der Waals surface area contributed by atoms with Crippen LogP contribution in [0.4, 0.5) is 11.4 Å². The highest BCUT2D eigenvalue weighted by molar-refractivity contribution is 6.02. The third-order valence-corrected chi connectivity index (χ3v) is 4.62. The van der Waals surface area contributed by atoms with Crippen molar-refractivity contribution in [2.45, 2.75) is 13.0 Å². The number of nitro groups is 1. The van der Waals surface area contributed by atoms with Gasteiger partial charge in [0.25, 0.3) is 11.6 Å². The number of esters is 1. The van der Waals surface area contributed by atoms with Crippen molar-refractivity contribution in [1.82, 2.24) is 0 Å². The van der Waals surface area contributed by atoms with Gasteiger partial charge in [-0.15, -0.1) is 0 Å². The Kier molecular flexibility index (Phi) is 7.29. The average Bonchev–Trinajstić information content (AvgIpc) is 2.83. The van der Waals surface area contributed by atoms with Gasteiger partial charge in [-0.25, -0.2) is 4.79 Å². The lowest BCUT2D eigenvalue weighted by atomic mass is 10.1. The number of carbonyl (C=O) groups excluding carboxylic acids is 2. The van der Waals surface area contributed by atoms with Crippen LogP contribution in [0.3, 0.4) is 0 Å². The fourth-order valence-corrected chi connectivity index (χ4v) is 3.02. The number of rotatable bonds is 7. The van der Waals surface area contributed by atoms with E-state index >= 15 is 0 Å². The fourth-order valence-electron chi connectivity index (χ4n) is 3.02. The molecule has 33 heavy (non-hydrogen) atoms. The predicted octanol–water partition coefficient (Wildman–Crippen LogP) is 4.73. The van der Waals surface area contributed by atoms with E-state index in [0.717, 1.165) is 0 Å². The highest BCUT2D eigenvalue weighted by Gasteiger charge is 2.28. The Balaban J connectivity index is 1.91. The second-order valence-electron chi connectivity index (χ2n) is 7.04. The van der Waals surface area contributed by atoms with Gasteiger partial charge in [-0.2, -0.15) is 5.26 Å². The quantitative estimate of drug-likeness (QED) is 0.186. The molecule has 1 amide bonds. The summed E-state index contributed by atoms with van der Waals surface area (Å²) in [5.41, 5.74) is 0.986. The first-order chi connectivity index (χ1) is 15.9. The molecule has 0 aliphatic heterocycles. The standard InChI is InChI=1S/C25H19N3O5/c1-17-12-13-21(22(14-17)28(31)32)27-24(29)23(19-10-6-3-7-11-19)33-25(30)20(16-26)15-18-8-4-2-5-9-18/h2-15,23H,1H3,(H,27,29). The maximum atomic E-state index is 13.1. The molecule has 0 bridgehead atoms. The lowest BCUT2D eigenvalue weighted by Gasteiger charge is -2.18. The van der Waals surface area contributed by atoms with E-state index in [1.807, 2.05) is 0 Å². The van der Waals surface area contributed by atoms with Crippen LogP contribution in [-0.2, 0) is 14.3 Å². The molecule has 0 heterocycles. The van der Waals surface area contributed by atoms with Gasteiger partial charge in [-0.05, 0) is 30.2 Å². The zero-order chi connectivity index (χ0) is 23.8. The number of ether oxygens (including phenoxy) is 1. The molecule has 0 aliphatic carbocycles. The van der Waals surface area contributed by atoms with Gasteiger partial charge in [0, 0.05) is 11.6 Å². The molecule has 0 fully saturated rings. The highest BCUT2D eigenvalue weighted by Crippen LogP contribution is 2.28. The van der Waals surface area contributed by atoms with Crippen molar-refractivity contribution in [3.8, 4) is 6.07 Å². The largest absolute Gasteiger partial charge is 0.443 e. The maximum absolute atomic E-state index is 13.1. The maximum Gasteiger partial charge on any atom is 0.350 e. The first kappa shape index (κ1) is 22.9. The van der Waals surface area contributed by atoms with E-state index in [-0.39, 0.29) is 16.9 Å². The van der Waals surface area contributed by atoms with Crippen molar-refractivity contribution in [3.63, 3.8) is 0 Å². The molecule has 0 saturated heterocycles. The van der Waals surface area contributed by atoms with Crippen LogP contribution in [0.1, 0.15) is 22.8 Å². The average molecular weight is 441 g/mol. The summed E-state index contributed by atoms with van der Waals surface area (Å²) < 4.78 is 5.41. The van der Waals surface area contributed by atoms with Gasteiger partial charge in [0.1, 0.15) is 17.3 Å². The summed E-state index contributed by atoms with van der Waals surface area (Å²) in [7, 11) is 0. The van der Waals surface area contributed by atoms with Gasteiger partial charge >= 0.3 is 5.97 Å². The van der Waals surface area contributed by atoms with E-state index in [1.165, 1.54) is 18.2 Å². The molecule has 0 saturated carbocycles. The summed E-state index contributed by atoms with van der Waals surface area (Å²) in [6, 6.07) is 23.0. The molecule has 0 aliphatic rings. The van der Waals surface area contributed by atoms with Gasteiger partial charge < -0.3 is 10.1 Å². The summed E-state index contributed by atoms with van der Waals surface area (Å²) in [6.45, 7) is 1.69. The van der Waals surface area contributed by atoms with Crippen LogP contribution in [0.15, 0.2) is 84.4 Å². The number of anilines is 1. The van der Waals surface area contributed by atoms with E-state index in [9.17, 15) is 25.0 Å². The normalized spacial score (nSPS) is 11.7. The van der Waals surface area contributed by atoms with Crippen molar-refractivity contribution in [2.24, 2.45) is 0 Å². The molecule has 8 nitrogen and oxygen atoms in total. The number of nitrogens with one attached hydrogen (secondary N) is 1. The molecular formula is C25H19N3O5. The molecule has 3 aromatic carbocycles. The van der Waals surface area contributed by atoms with Crippen LogP contribution in [0, 0.1) is 28.4 Å². The van der Waals surface area contributed by atoms with Crippen molar-refractivity contribution in [2.75, 3.05) is 5.32 Å². The SMILES string of the molecule is Cc1ccc(NC(=O)C(OC(=O)C(C#N)=Cc2ccccc2)c2ccccc2)c([N+](=O)[O-])c1. The Morgan fingerprint density at radius 1 is 1.06 bits per heavy atom. The Morgan fingerprint density at radius 3 is 2.30 bits per heavy atom. The lowest BCUT2D eigenvalue weighted by molar-refractivity contribution is -0.384. The third-order valence-electron chi connectivity index (χ3n) is 4.62. The molecule has 1 atom stereocenters. The molecule has 164 valence electrons. The van der Waals surface area contributed by atoms with Crippen LogP contribution in [0.25, 0.3) is 6.08 Å². The topological polar surface area (TPSA) is 122 Å². The Morgan fingerprint density at radius 2 is 1.70 bits per heavy atom. The lowest BCUT2D eigenvalue weighted by Crippen LogP contribution is -2.26. The van der Waals surface area contributed by atoms with Crippen LogP contribution in [0.5, 0.6) is 0 Å². The number of hydrogen-bond donors (Lipinski definition) is 1. The van der Waals surface area contributed by atoms with Gasteiger partial charge in [0.2, 0.25) is 6.10 Å². The van der Waals surface area contributed by atoms with E-state index in [0.29, 0.717) is 16.7 Å². The Bertz CT molecular complexity index is 1250. The van der Waals surface area contributed by atoms with Crippen LogP contribution in [-0.4, -0.2) is 16.8 Å². The molecule has 0 radical (unpaired) electrons. The highest BCUT2D eigenvalue weighted by atomic mass is 16.6. The van der Waals surface area contributed by atoms with E-state index in [4.69, 9.17) is 4.74 Å². The predicted molar refractivity (Wildman–Crippen MR) is 122 cm³/mol. The summed E-state index contributed by atoms with van der Waals surface area (Å²) in [5, 5.41) is 23.3. The van der Waals surface area contributed by atoms with E-state index < -0.39 is 22.9 Å². The zero-order valence-electron chi connectivity index (χ0n) is 17.6. The molecular weight excluding hydrogens is 422 g/mol. The minimum Gasteiger partial charge on any atom is -0.443 e. The number of aryl methyl sites for hydroxylation is 1. The number of carbonyl (C=O) groups is 2. The summed E-state index contributed by atoms with van der Waals surface area (Å²) in [5.74, 6) is -1.79. The number of benzene rings is 3. The number of nitriles is 1. The molecule has 3 rings (SSSR count).